The van der Waals surface area contributed by atoms with E-state index in [4.69, 9.17) is 4.74 Å². The molecule has 15 heavy (non-hydrogen) atoms. The van der Waals surface area contributed by atoms with Gasteiger partial charge in [0.2, 0.25) is 0 Å². The summed E-state index contributed by atoms with van der Waals surface area (Å²) in [7, 11) is 1.71. The van der Waals surface area contributed by atoms with Gasteiger partial charge in [0.15, 0.2) is 10.4 Å². The van der Waals surface area contributed by atoms with Crippen LogP contribution in [0.3, 0.4) is 0 Å². The fourth-order valence-electron chi connectivity index (χ4n) is 1.84. The van der Waals surface area contributed by atoms with Crippen molar-refractivity contribution in [2.45, 2.75) is 19.4 Å². The average Bonchev–Trinajstić information content (AvgIpc) is 2.73. The van der Waals surface area contributed by atoms with E-state index in [0.717, 1.165) is 6.42 Å². The number of ketones is 1. The number of aromatic nitrogens is 3. The number of Topliss-reactive ketones (excluding diaryl/α,β-unsaturated/α-hetero) is 1. The number of aryl methyl sites for hydroxylation is 1. The Hall–Kier alpha value is -0.750. The van der Waals surface area contributed by atoms with Crippen LogP contribution in [0.15, 0.2) is 4.60 Å². The van der Waals surface area contributed by atoms with Crippen LogP contribution >= 0.6 is 15.9 Å². The highest BCUT2D eigenvalue weighted by Gasteiger charge is 2.34. The summed E-state index contributed by atoms with van der Waals surface area (Å²) in [5.41, 5.74) is 0.525. The predicted molar refractivity (Wildman–Crippen MR) is 56.6 cm³/mol. The van der Waals surface area contributed by atoms with Gasteiger partial charge >= 0.3 is 0 Å². The first-order valence-corrected chi connectivity index (χ1v) is 5.61. The zero-order valence-corrected chi connectivity index (χ0v) is 10.2. The van der Waals surface area contributed by atoms with Gasteiger partial charge in [-0.15, -0.1) is 5.10 Å². The molecule has 2 heterocycles. The summed E-state index contributed by atoms with van der Waals surface area (Å²) in [5, 5.41) is 7.59. The molecule has 0 aliphatic carbocycles. The summed E-state index contributed by atoms with van der Waals surface area (Å²) in [6, 6.07) is 0. The van der Waals surface area contributed by atoms with Gasteiger partial charge in [0, 0.05) is 13.7 Å². The molecule has 2 unspecified atom stereocenters. The van der Waals surface area contributed by atoms with Crippen LogP contribution in [0.25, 0.3) is 0 Å². The highest BCUT2D eigenvalue weighted by Crippen LogP contribution is 2.26. The van der Waals surface area contributed by atoms with Crippen molar-refractivity contribution in [3.05, 3.63) is 10.3 Å². The Kier molecular flexibility index (Phi) is 2.88. The summed E-state index contributed by atoms with van der Waals surface area (Å²) in [6.07, 6.45) is 0.761. The van der Waals surface area contributed by atoms with Crippen molar-refractivity contribution in [1.29, 1.82) is 0 Å². The number of nitrogens with zero attached hydrogens (tertiary/aromatic N) is 3. The molecule has 1 aliphatic heterocycles. The molecular weight excluding hydrogens is 262 g/mol. The molecule has 0 aromatic carbocycles. The highest BCUT2D eigenvalue weighted by molar-refractivity contribution is 9.10. The van der Waals surface area contributed by atoms with Crippen LogP contribution in [0.5, 0.6) is 0 Å². The maximum absolute atomic E-state index is 12.1. The topological polar surface area (TPSA) is 57.0 Å². The Labute approximate surface area is 95.9 Å². The van der Waals surface area contributed by atoms with E-state index in [1.165, 1.54) is 4.68 Å². The van der Waals surface area contributed by atoms with Gasteiger partial charge < -0.3 is 4.74 Å². The Balaban J connectivity index is 2.28. The molecule has 0 bridgehead atoms. The third kappa shape index (κ3) is 1.83. The third-order valence-corrected chi connectivity index (χ3v) is 3.27. The molecule has 0 spiro atoms. The first-order chi connectivity index (χ1) is 7.11. The molecule has 0 radical (unpaired) electrons. The van der Waals surface area contributed by atoms with Crippen molar-refractivity contribution >= 4 is 21.7 Å². The van der Waals surface area contributed by atoms with Gasteiger partial charge in [0.05, 0.1) is 12.0 Å². The molecule has 0 saturated carbocycles. The van der Waals surface area contributed by atoms with Crippen LogP contribution in [-0.2, 0) is 11.8 Å². The molecule has 2 atom stereocenters. The van der Waals surface area contributed by atoms with E-state index >= 15 is 0 Å². The first-order valence-electron chi connectivity index (χ1n) is 4.82. The van der Waals surface area contributed by atoms with Gasteiger partial charge in [-0.1, -0.05) is 5.21 Å². The summed E-state index contributed by atoms with van der Waals surface area (Å²) >= 11 is 3.23. The van der Waals surface area contributed by atoms with Crippen LogP contribution < -0.4 is 0 Å². The minimum Gasteiger partial charge on any atom is -0.378 e. The molecule has 5 nitrogen and oxygen atoms in total. The fraction of sp³-hybridized carbons (Fsp3) is 0.667. The zero-order valence-electron chi connectivity index (χ0n) is 8.61. The quantitative estimate of drug-likeness (QED) is 0.760. The molecule has 1 fully saturated rings. The number of hydrogen-bond donors (Lipinski definition) is 0. The van der Waals surface area contributed by atoms with Crippen molar-refractivity contribution < 1.29 is 9.53 Å². The Morgan fingerprint density at radius 1 is 1.67 bits per heavy atom. The number of ether oxygens (including phenoxy) is 1. The molecule has 6 heteroatoms. The number of halogens is 1. The minimum absolute atomic E-state index is 0.0145. The lowest BCUT2D eigenvalue weighted by molar-refractivity contribution is 0.0755. The molecule has 1 saturated heterocycles. The van der Waals surface area contributed by atoms with Crippen LogP contribution in [0.1, 0.15) is 23.8 Å². The van der Waals surface area contributed by atoms with Crippen LogP contribution in [-0.4, -0.2) is 33.5 Å². The van der Waals surface area contributed by atoms with Gasteiger partial charge in [-0.2, -0.15) is 0 Å². The van der Waals surface area contributed by atoms with Gasteiger partial charge in [-0.3, -0.25) is 4.79 Å². The van der Waals surface area contributed by atoms with Crippen molar-refractivity contribution in [3.63, 3.8) is 0 Å². The van der Waals surface area contributed by atoms with E-state index in [1.54, 1.807) is 7.05 Å². The molecule has 1 aliphatic rings. The van der Waals surface area contributed by atoms with Crippen LogP contribution in [0, 0.1) is 5.92 Å². The van der Waals surface area contributed by atoms with Crippen molar-refractivity contribution in [1.82, 2.24) is 15.0 Å². The second-order valence-electron chi connectivity index (χ2n) is 3.69. The summed E-state index contributed by atoms with van der Waals surface area (Å²) < 4.78 is 7.38. The summed E-state index contributed by atoms with van der Waals surface area (Å²) in [5.74, 6) is -0.0159. The van der Waals surface area contributed by atoms with E-state index in [2.05, 4.69) is 26.2 Å². The maximum Gasteiger partial charge on any atom is 0.189 e. The largest absolute Gasteiger partial charge is 0.378 e. The van der Waals surface area contributed by atoms with E-state index in [9.17, 15) is 4.79 Å². The van der Waals surface area contributed by atoms with Crippen molar-refractivity contribution in [2.24, 2.45) is 13.0 Å². The normalized spacial score (nSPS) is 25.8. The van der Waals surface area contributed by atoms with Crippen LogP contribution in [0.4, 0.5) is 0 Å². The Morgan fingerprint density at radius 3 is 2.87 bits per heavy atom. The molecule has 1 aromatic heterocycles. The lowest BCUT2D eigenvalue weighted by Crippen LogP contribution is -2.24. The second kappa shape index (κ2) is 4.02. The standard InChI is InChI=1S/C9H12BrN3O2/c1-5-6(3-4-15-5)8(14)7-9(10)11-12-13(7)2/h5-6H,3-4H2,1-2H3. The van der Waals surface area contributed by atoms with E-state index in [1.807, 2.05) is 6.92 Å². The smallest absolute Gasteiger partial charge is 0.189 e. The summed E-state index contributed by atoms with van der Waals surface area (Å²) in [6.45, 7) is 2.58. The number of rotatable bonds is 2. The fourth-order valence-corrected chi connectivity index (χ4v) is 2.37. The Morgan fingerprint density at radius 2 is 2.40 bits per heavy atom. The van der Waals surface area contributed by atoms with E-state index < -0.39 is 0 Å². The second-order valence-corrected chi connectivity index (χ2v) is 4.44. The third-order valence-electron chi connectivity index (χ3n) is 2.73. The van der Waals surface area contributed by atoms with Crippen molar-refractivity contribution in [2.75, 3.05) is 6.61 Å². The van der Waals surface area contributed by atoms with Gasteiger partial charge in [-0.25, -0.2) is 4.68 Å². The molecular formula is C9H12BrN3O2. The molecule has 0 N–H and O–H groups in total. The van der Waals surface area contributed by atoms with Gasteiger partial charge in [0.25, 0.3) is 0 Å². The number of carbonyl (C=O) groups is 1. The number of hydrogen-bond acceptors (Lipinski definition) is 4. The molecule has 1 aromatic rings. The van der Waals surface area contributed by atoms with Crippen molar-refractivity contribution in [3.8, 4) is 0 Å². The molecule has 0 amide bonds. The van der Waals surface area contributed by atoms with Gasteiger partial charge in [0.1, 0.15) is 5.69 Å². The monoisotopic (exact) mass is 273 g/mol. The average molecular weight is 274 g/mol. The lowest BCUT2D eigenvalue weighted by Gasteiger charge is -2.12. The molecule has 82 valence electrons. The number of carbonyl (C=O) groups excluding carboxylic acids is 1. The molecule has 2 rings (SSSR count). The van der Waals surface area contributed by atoms with E-state index in [0.29, 0.717) is 16.9 Å². The minimum atomic E-state index is -0.0708. The van der Waals surface area contributed by atoms with E-state index in [-0.39, 0.29) is 17.8 Å². The Bertz CT molecular complexity index is 371. The van der Waals surface area contributed by atoms with Gasteiger partial charge in [-0.05, 0) is 29.3 Å². The van der Waals surface area contributed by atoms with Crippen LogP contribution in [0.2, 0.25) is 0 Å². The SMILES string of the molecule is CC1OCCC1C(=O)c1c(Br)nnn1C. The predicted octanol–water partition coefficient (Wildman–Crippen LogP) is 1.19. The first kappa shape index (κ1) is 10.8. The lowest BCUT2D eigenvalue weighted by atomic mass is 9.95. The maximum atomic E-state index is 12.1. The highest BCUT2D eigenvalue weighted by atomic mass is 79.9. The summed E-state index contributed by atoms with van der Waals surface area (Å²) in [4.78, 5) is 12.1. The zero-order chi connectivity index (χ0) is 11.0.